The van der Waals surface area contributed by atoms with Crippen LogP contribution in [0.3, 0.4) is 0 Å². The lowest BCUT2D eigenvalue weighted by atomic mass is 10.1. The van der Waals surface area contributed by atoms with Crippen molar-refractivity contribution >= 4 is 16.7 Å². The quantitative estimate of drug-likeness (QED) is 0.723. The van der Waals surface area contributed by atoms with E-state index in [4.69, 9.17) is 0 Å². The van der Waals surface area contributed by atoms with E-state index in [1.165, 1.54) is 6.07 Å². The number of carbonyl (C=O) groups is 1. The Labute approximate surface area is 99.0 Å². The van der Waals surface area contributed by atoms with Crippen molar-refractivity contribution < 1.29 is 9.18 Å². The van der Waals surface area contributed by atoms with E-state index in [0.717, 1.165) is 23.9 Å². The Hall–Kier alpha value is -1.64. The Morgan fingerprint density at radius 3 is 2.71 bits per heavy atom. The third-order valence-corrected chi connectivity index (χ3v) is 3.47. The van der Waals surface area contributed by atoms with Gasteiger partial charge in [0.2, 0.25) is 0 Å². The van der Waals surface area contributed by atoms with Gasteiger partial charge < -0.3 is 4.57 Å². The Bertz CT molecular complexity index is 623. The number of halogens is 1. The summed E-state index contributed by atoms with van der Waals surface area (Å²) < 4.78 is 15.9. The average Bonchev–Trinajstić information content (AvgIpc) is 3.04. The van der Waals surface area contributed by atoms with E-state index in [9.17, 15) is 9.18 Å². The zero-order chi connectivity index (χ0) is 12.2. The summed E-state index contributed by atoms with van der Waals surface area (Å²) in [4.78, 5) is 11.8. The Kier molecular flexibility index (Phi) is 2.12. The van der Waals surface area contributed by atoms with Gasteiger partial charge in [-0.2, -0.15) is 0 Å². The Balaban J connectivity index is 2.45. The summed E-state index contributed by atoms with van der Waals surface area (Å²) in [5.74, 6) is -0.216. The fourth-order valence-corrected chi connectivity index (χ4v) is 2.65. The molecule has 1 saturated carbocycles. The molecule has 0 atom stereocenters. The molecule has 0 aliphatic heterocycles. The fourth-order valence-electron chi connectivity index (χ4n) is 2.65. The smallest absolute Gasteiger partial charge is 0.176 e. The standard InChI is InChI=1S/C14H14FNO/c1-8-13-11(15)4-3-5-12(13)16(10-6-7-10)14(8)9(2)17/h3-5,10H,6-7H2,1-2H3. The van der Waals surface area contributed by atoms with Crippen molar-refractivity contribution in [1.29, 1.82) is 0 Å². The van der Waals surface area contributed by atoms with Gasteiger partial charge in [0.1, 0.15) is 5.82 Å². The third-order valence-electron chi connectivity index (χ3n) is 3.47. The van der Waals surface area contributed by atoms with Crippen LogP contribution in [0.2, 0.25) is 0 Å². The second kappa shape index (κ2) is 3.42. The number of carbonyl (C=O) groups excluding carboxylic acids is 1. The van der Waals surface area contributed by atoms with E-state index >= 15 is 0 Å². The van der Waals surface area contributed by atoms with Crippen LogP contribution in [0.5, 0.6) is 0 Å². The van der Waals surface area contributed by atoms with E-state index in [1.807, 2.05) is 17.6 Å². The predicted molar refractivity (Wildman–Crippen MR) is 64.9 cm³/mol. The van der Waals surface area contributed by atoms with E-state index in [-0.39, 0.29) is 11.6 Å². The maximum atomic E-state index is 13.9. The first-order chi connectivity index (χ1) is 8.11. The van der Waals surface area contributed by atoms with Crippen molar-refractivity contribution in [2.45, 2.75) is 32.7 Å². The molecule has 1 aromatic heterocycles. The number of Topliss-reactive ketones (excluding diaryl/α,β-unsaturated/α-hetero) is 1. The average molecular weight is 231 g/mol. The maximum Gasteiger partial charge on any atom is 0.176 e. The first kappa shape index (κ1) is 10.5. The minimum Gasteiger partial charge on any atom is -0.335 e. The molecule has 0 saturated heterocycles. The minimum absolute atomic E-state index is 0.0185. The van der Waals surface area contributed by atoms with Crippen molar-refractivity contribution in [1.82, 2.24) is 4.57 Å². The van der Waals surface area contributed by atoms with Gasteiger partial charge >= 0.3 is 0 Å². The van der Waals surface area contributed by atoms with E-state index < -0.39 is 0 Å². The molecular weight excluding hydrogens is 217 g/mol. The van der Waals surface area contributed by atoms with E-state index in [1.54, 1.807) is 13.0 Å². The number of aromatic nitrogens is 1. The number of aryl methyl sites for hydroxylation is 1. The van der Waals surface area contributed by atoms with Gasteiger partial charge in [0.25, 0.3) is 0 Å². The van der Waals surface area contributed by atoms with Crippen molar-refractivity contribution in [2.24, 2.45) is 0 Å². The molecule has 0 spiro atoms. The number of hydrogen-bond acceptors (Lipinski definition) is 1. The number of hydrogen-bond donors (Lipinski definition) is 0. The number of benzene rings is 1. The number of ketones is 1. The second-order valence-corrected chi connectivity index (χ2v) is 4.76. The van der Waals surface area contributed by atoms with Gasteiger partial charge in [-0.15, -0.1) is 0 Å². The molecule has 2 aromatic rings. The van der Waals surface area contributed by atoms with Crippen molar-refractivity contribution in [3.63, 3.8) is 0 Å². The lowest BCUT2D eigenvalue weighted by molar-refractivity contribution is 0.100. The van der Waals surface area contributed by atoms with E-state index in [0.29, 0.717) is 17.1 Å². The molecule has 3 heteroatoms. The van der Waals surface area contributed by atoms with Gasteiger partial charge in [0, 0.05) is 18.4 Å². The summed E-state index contributed by atoms with van der Waals surface area (Å²) in [6.07, 6.45) is 2.17. The normalized spacial score (nSPS) is 15.5. The minimum atomic E-state index is -0.234. The lowest BCUT2D eigenvalue weighted by Crippen LogP contribution is -2.05. The van der Waals surface area contributed by atoms with Crippen LogP contribution in [0.15, 0.2) is 18.2 Å². The Morgan fingerprint density at radius 1 is 1.41 bits per heavy atom. The molecule has 17 heavy (non-hydrogen) atoms. The molecule has 1 fully saturated rings. The molecule has 3 rings (SSSR count). The highest BCUT2D eigenvalue weighted by Gasteiger charge is 2.30. The molecule has 0 bridgehead atoms. The highest BCUT2D eigenvalue weighted by atomic mass is 19.1. The van der Waals surface area contributed by atoms with Crippen LogP contribution in [0.4, 0.5) is 4.39 Å². The first-order valence-electron chi connectivity index (χ1n) is 5.91. The molecule has 88 valence electrons. The van der Waals surface area contributed by atoms with Crippen LogP contribution in [-0.4, -0.2) is 10.4 Å². The number of rotatable bonds is 2. The zero-order valence-corrected chi connectivity index (χ0v) is 9.96. The molecular formula is C14H14FNO. The van der Waals surface area contributed by atoms with Crippen LogP contribution in [-0.2, 0) is 0 Å². The summed E-state index contributed by atoms with van der Waals surface area (Å²) in [6, 6.07) is 5.44. The van der Waals surface area contributed by atoms with Gasteiger partial charge in [-0.1, -0.05) is 6.07 Å². The molecule has 0 N–H and O–H groups in total. The number of fused-ring (bicyclic) bond motifs is 1. The molecule has 1 aliphatic carbocycles. The van der Waals surface area contributed by atoms with E-state index in [2.05, 4.69) is 0 Å². The predicted octanol–water partition coefficient (Wildman–Crippen LogP) is 3.63. The van der Waals surface area contributed by atoms with Gasteiger partial charge in [-0.05, 0) is 37.5 Å². The molecule has 0 unspecified atom stereocenters. The molecule has 0 radical (unpaired) electrons. The lowest BCUT2D eigenvalue weighted by Gasteiger charge is -2.07. The first-order valence-corrected chi connectivity index (χ1v) is 5.91. The number of nitrogens with zero attached hydrogens (tertiary/aromatic N) is 1. The van der Waals surface area contributed by atoms with Crippen LogP contribution in [0.25, 0.3) is 10.9 Å². The maximum absolute atomic E-state index is 13.9. The summed E-state index contributed by atoms with van der Waals surface area (Å²) in [6.45, 7) is 3.39. The highest BCUT2D eigenvalue weighted by molar-refractivity contribution is 6.01. The Morgan fingerprint density at radius 2 is 2.12 bits per heavy atom. The summed E-state index contributed by atoms with van der Waals surface area (Å²) in [5, 5.41) is 0.601. The summed E-state index contributed by atoms with van der Waals surface area (Å²) in [7, 11) is 0. The molecule has 1 heterocycles. The van der Waals surface area contributed by atoms with Gasteiger partial charge in [-0.3, -0.25) is 4.79 Å². The van der Waals surface area contributed by atoms with Gasteiger partial charge in [0.05, 0.1) is 11.2 Å². The second-order valence-electron chi connectivity index (χ2n) is 4.76. The fraction of sp³-hybridized carbons (Fsp3) is 0.357. The third kappa shape index (κ3) is 1.42. The molecule has 2 nitrogen and oxygen atoms in total. The summed E-state index contributed by atoms with van der Waals surface area (Å²) >= 11 is 0. The van der Waals surface area contributed by atoms with Crippen LogP contribution >= 0.6 is 0 Å². The zero-order valence-electron chi connectivity index (χ0n) is 9.96. The largest absolute Gasteiger partial charge is 0.335 e. The van der Waals surface area contributed by atoms with Crippen LogP contribution in [0, 0.1) is 12.7 Å². The van der Waals surface area contributed by atoms with Gasteiger partial charge in [-0.25, -0.2) is 4.39 Å². The topological polar surface area (TPSA) is 22.0 Å². The van der Waals surface area contributed by atoms with Crippen LogP contribution < -0.4 is 0 Å². The van der Waals surface area contributed by atoms with Crippen LogP contribution in [0.1, 0.15) is 41.9 Å². The monoisotopic (exact) mass is 231 g/mol. The highest BCUT2D eigenvalue weighted by Crippen LogP contribution is 2.41. The molecule has 1 aromatic carbocycles. The van der Waals surface area contributed by atoms with Crippen molar-refractivity contribution in [3.8, 4) is 0 Å². The SMILES string of the molecule is CC(=O)c1c(C)c2c(F)cccc2n1C1CC1. The van der Waals surface area contributed by atoms with Crippen molar-refractivity contribution in [3.05, 3.63) is 35.3 Å². The molecule has 1 aliphatic rings. The van der Waals surface area contributed by atoms with Crippen molar-refractivity contribution in [2.75, 3.05) is 0 Å². The molecule has 0 amide bonds. The summed E-state index contributed by atoms with van der Waals surface area (Å²) in [5.41, 5.74) is 2.31. The van der Waals surface area contributed by atoms with Gasteiger partial charge in [0.15, 0.2) is 5.78 Å².